The van der Waals surface area contributed by atoms with E-state index < -0.39 is 0 Å². The Labute approximate surface area is 157 Å². The highest BCUT2D eigenvalue weighted by atomic mass is 16.5. The van der Waals surface area contributed by atoms with Gasteiger partial charge < -0.3 is 15.0 Å². The van der Waals surface area contributed by atoms with Gasteiger partial charge in [-0.3, -0.25) is 14.7 Å². The van der Waals surface area contributed by atoms with Crippen molar-refractivity contribution in [1.82, 2.24) is 15.1 Å². The van der Waals surface area contributed by atoms with Crippen molar-refractivity contribution in [2.75, 3.05) is 26.0 Å². The number of amides is 2. The van der Waals surface area contributed by atoms with Crippen LogP contribution in [-0.4, -0.2) is 47.6 Å². The maximum Gasteiger partial charge on any atom is 0.257 e. The Kier molecular flexibility index (Phi) is 5.51. The zero-order valence-electron chi connectivity index (χ0n) is 15.1. The lowest BCUT2D eigenvalue weighted by Crippen LogP contribution is -2.35. The van der Waals surface area contributed by atoms with E-state index in [2.05, 4.69) is 15.5 Å². The molecule has 7 heteroatoms. The van der Waals surface area contributed by atoms with Gasteiger partial charge in [-0.25, -0.2) is 0 Å². The lowest BCUT2D eigenvalue weighted by molar-refractivity contribution is -0.116. The van der Waals surface area contributed by atoms with E-state index in [1.165, 1.54) is 11.1 Å². The number of anilines is 1. The number of carbonyl (C=O) groups excluding carboxylic acids is 2. The third kappa shape index (κ3) is 4.33. The van der Waals surface area contributed by atoms with Gasteiger partial charge in [0.25, 0.3) is 5.91 Å². The summed E-state index contributed by atoms with van der Waals surface area (Å²) in [5.41, 5.74) is 2.50. The third-order valence-electron chi connectivity index (χ3n) is 4.01. The average molecular weight is 364 g/mol. The topological polar surface area (TPSA) is 87.3 Å². The molecular weight excluding hydrogens is 344 g/mol. The van der Waals surface area contributed by atoms with Crippen molar-refractivity contribution in [3.05, 3.63) is 66.4 Å². The number of nitrogens with zero attached hydrogens (tertiary/aromatic N) is 2. The Morgan fingerprint density at radius 3 is 2.67 bits per heavy atom. The molecule has 7 nitrogen and oxygen atoms in total. The molecule has 0 bridgehead atoms. The Balaban J connectivity index is 1.68. The SMILES string of the molecule is COc1cccc(NC(=O)CN(C)C(=O)c2cn[nH]c2-c2ccccc2)c1. The molecule has 0 spiro atoms. The fourth-order valence-electron chi connectivity index (χ4n) is 2.67. The number of benzene rings is 2. The van der Waals surface area contributed by atoms with E-state index in [1.807, 2.05) is 30.3 Å². The monoisotopic (exact) mass is 364 g/mol. The quantitative estimate of drug-likeness (QED) is 0.704. The molecule has 0 atom stereocenters. The highest BCUT2D eigenvalue weighted by molar-refractivity contribution is 6.02. The molecule has 0 aliphatic carbocycles. The molecule has 0 aliphatic rings. The maximum absolute atomic E-state index is 12.8. The Bertz CT molecular complexity index is 937. The Morgan fingerprint density at radius 1 is 1.15 bits per heavy atom. The molecule has 2 aromatic carbocycles. The first-order valence-electron chi connectivity index (χ1n) is 8.36. The number of methoxy groups -OCH3 is 1. The van der Waals surface area contributed by atoms with Crippen molar-refractivity contribution in [2.45, 2.75) is 0 Å². The summed E-state index contributed by atoms with van der Waals surface area (Å²) in [6, 6.07) is 16.5. The van der Waals surface area contributed by atoms with E-state index in [0.29, 0.717) is 22.7 Å². The van der Waals surface area contributed by atoms with Gasteiger partial charge in [-0.15, -0.1) is 0 Å². The number of nitrogens with one attached hydrogen (secondary N) is 2. The number of ether oxygens (including phenoxy) is 1. The number of aromatic amines is 1. The van der Waals surface area contributed by atoms with Gasteiger partial charge in [-0.1, -0.05) is 36.4 Å². The predicted octanol–water partition coefficient (Wildman–Crippen LogP) is 2.80. The minimum Gasteiger partial charge on any atom is -0.497 e. The first-order valence-corrected chi connectivity index (χ1v) is 8.36. The molecule has 1 heterocycles. The summed E-state index contributed by atoms with van der Waals surface area (Å²) in [6.45, 7) is -0.0878. The second-order valence-corrected chi connectivity index (χ2v) is 5.97. The molecule has 3 aromatic rings. The molecule has 138 valence electrons. The molecule has 2 N–H and O–H groups in total. The van der Waals surface area contributed by atoms with Crippen molar-refractivity contribution in [3.63, 3.8) is 0 Å². The van der Waals surface area contributed by atoms with Crippen molar-refractivity contribution in [1.29, 1.82) is 0 Å². The minimum absolute atomic E-state index is 0.0878. The van der Waals surface area contributed by atoms with Crippen LogP contribution in [0.3, 0.4) is 0 Å². The molecule has 27 heavy (non-hydrogen) atoms. The second-order valence-electron chi connectivity index (χ2n) is 5.97. The van der Waals surface area contributed by atoms with Gasteiger partial charge in [0.15, 0.2) is 0 Å². The fraction of sp³-hybridized carbons (Fsp3) is 0.150. The van der Waals surface area contributed by atoms with Crippen molar-refractivity contribution in [3.8, 4) is 17.0 Å². The first-order chi connectivity index (χ1) is 13.1. The molecular formula is C20H20N4O3. The summed E-state index contributed by atoms with van der Waals surface area (Å²) in [6.07, 6.45) is 1.47. The van der Waals surface area contributed by atoms with E-state index in [1.54, 1.807) is 38.4 Å². The molecule has 0 fully saturated rings. The lowest BCUT2D eigenvalue weighted by atomic mass is 10.1. The molecule has 0 saturated carbocycles. The van der Waals surface area contributed by atoms with E-state index in [9.17, 15) is 9.59 Å². The van der Waals surface area contributed by atoms with E-state index in [0.717, 1.165) is 5.56 Å². The number of likely N-dealkylation sites (N-methyl/N-ethyl adjacent to an activating group) is 1. The molecule has 0 aliphatic heterocycles. The molecule has 3 rings (SSSR count). The Hall–Kier alpha value is -3.61. The molecule has 1 aromatic heterocycles. The largest absolute Gasteiger partial charge is 0.497 e. The number of hydrogen-bond acceptors (Lipinski definition) is 4. The Morgan fingerprint density at radius 2 is 1.93 bits per heavy atom. The second kappa shape index (κ2) is 8.18. The van der Waals surface area contributed by atoms with Crippen molar-refractivity contribution in [2.24, 2.45) is 0 Å². The zero-order valence-corrected chi connectivity index (χ0v) is 15.1. The van der Waals surface area contributed by atoms with Crippen LogP contribution >= 0.6 is 0 Å². The highest BCUT2D eigenvalue weighted by Gasteiger charge is 2.20. The average Bonchev–Trinajstić information content (AvgIpc) is 3.17. The summed E-state index contributed by atoms with van der Waals surface area (Å²) < 4.78 is 5.13. The number of H-pyrrole nitrogens is 1. The van der Waals surface area contributed by atoms with Gasteiger partial charge in [0.2, 0.25) is 5.91 Å². The van der Waals surface area contributed by atoms with Crippen LogP contribution in [0.4, 0.5) is 5.69 Å². The lowest BCUT2D eigenvalue weighted by Gasteiger charge is -2.17. The van der Waals surface area contributed by atoms with E-state index >= 15 is 0 Å². The first kappa shape index (κ1) is 18.2. The standard InChI is InChI=1S/C20H20N4O3/c1-24(13-18(25)22-15-9-6-10-16(11-15)27-2)20(26)17-12-21-23-19(17)14-7-4-3-5-8-14/h3-12H,13H2,1-2H3,(H,21,23)(H,22,25). The van der Waals surface area contributed by atoms with Crippen LogP contribution < -0.4 is 10.1 Å². The summed E-state index contributed by atoms with van der Waals surface area (Å²) in [5.74, 6) is 0.0513. The third-order valence-corrected chi connectivity index (χ3v) is 4.01. The number of hydrogen-bond donors (Lipinski definition) is 2. The minimum atomic E-state index is -0.302. The van der Waals surface area contributed by atoms with Crippen LogP contribution in [0.15, 0.2) is 60.8 Å². The van der Waals surface area contributed by atoms with Crippen LogP contribution in [0.25, 0.3) is 11.3 Å². The molecule has 0 radical (unpaired) electrons. The van der Waals surface area contributed by atoms with Crippen LogP contribution in [0.1, 0.15) is 10.4 Å². The van der Waals surface area contributed by atoms with Crippen molar-refractivity contribution < 1.29 is 14.3 Å². The van der Waals surface area contributed by atoms with Crippen LogP contribution in [0.5, 0.6) is 5.75 Å². The van der Waals surface area contributed by atoms with Gasteiger partial charge in [-0.2, -0.15) is 5.10 Å². The van der Waals surface area contributed by atoms with Gasteiger partial charge in [0.1, 0.15) is 5.75 Å². The van der Waals surface area contributed by atoms with Crippen LogP contribution in [-0.2, 0) is 4.79 Å². The molecule has 0 saturated heterocycles. The maximum atomic E-state index is 12.8. The smallest absolute Gasteiger partial charge is 0.257 e. The summed E-state index contributed by atoms with van der Waals surface area (Å²) in [5, 5.41) is 9.59. The number of carbonyl (C=O) groups is 2. The summed E-state index contributed by atoms with van der Waals surface area (Å²) in [4.78, 5) is 26.4. The summed E-state index contributed by atoms with van der Waals surface area (Å²) in [7, 11) is 3.14. The van der Waals surface area contributed by atoms with Crippen LogP contribution in [0, 0.1) is 0 Å². The molecule has 2 amide bonds. The van der Waals surface area contributed by atoms with Gasteiger partial charge in [0, 0.05) is 24.4 Å². The normalized spacial score (nSPS) is 10.3. The number of aromatic nitrogens is 2. The predicted molar refractivity (Wildman–Crippen MR) is 103 cm³/mol. The zero-order chi connectivity index (χ0) is 19.2. The van der Waals surface area contributed by atoms with E-state index in [4.69, 9.17) is 4.74 Å². The van der Waals surface area contributed by atoms with Crippen molar-refractivity contribution >= 4 is 17.5 Å². The molecule has 0 unspecified atom stereocenters. The number of rotatable bonds is 6. The fourth-order valence-corrected chi connectivity index (χ4v) is 2.67. The summed E-state index contributed by atoms with van der Waals surface area (Å²) >= 11 is 0. The van der Waals surface area contributed by atoms with Gasteiger partial charge >= 0.3 is 0 Å². The van der Waals surface area contributed by atoms with Gasteiger partial charge in [0.05, 0.1) is 31.1 Å². The van der Waals surface area contributed by atoms with Gasteiger partial charge in [-0.05, 0) is 12.1 Å². The highest BCUT2D eigenvalue weighted by Crippen LogP contribution is 2.22. The van der Waals surface area contributed by atoms with Crippen LogP contribution in [0.2, 0.25) is 0 Å². The van der Waals surface area contributed by atoms with E-state index in [-0.39, 0.29) is 18.4 Å².